The second kappa shape index (κ2) is 12.5. The van der Waals surface area contributed by atoms with Crippen LogP contribution in [0.15, 0.2) is 42.6 Å². The largest absolute Gasteiger partial charge is 0.426 e. The lowest BCUT2D eigenvalue weighted by atomic mass is 9.92. The van der Waals surface area contributed by atoms with Crippen molar-refractivity contribution in [3.05, 3.63) is 69.3 Å². The molecule has 3 aromatic rings. The Morgan fingerprint density at radius 1 is 1.07 bits per heavy atom. The van der Waals surface area contributed by atoms with E-state index in [9.17, 15) is 9.59 Å². The first kappa shape index (κ1) is 30.2. The number of piperazine rings is 1. The van der Waals surface area contributed by atoms with Gasteiger partial charge in [-0.05, 0) is 54.3 Å². The second-order valence-corrected chi connectivity index (χ2v) is 12.8. The van der Waals surface area contributed by atoms with Crippen LogP contribution < -0.4 is 15.5 Å². The van der Waals surface area contributed by atoms with E-state index in [0.29, 0.717) is 57.6 Å². The number of amides is 2. The normalized spacial score (nSPS) is 15.8. The molecule has 1 aromatic heterocycles. The first-order chi connectivity index (χ1) is 20.0. The topological polar surface area (TPSA) is 95.0 Å². The quantitative estimate of drug-likeness (QED) is 0.361. The summed E-state index contributed by atoms with van der Waals surface area (Å²) >= 11 is 12.8. The number of nitrogens with zero attached hydrogens (tertiary/aromatic N) is 5. The number of carbonyl (C=O) groups is 2. The average Bonchev–Trinajstić information content (AvgIpc) is 3.19. The van der Waals surface area contributed by atoms with Crippen molar-refractivity contribution in [1.29, 1.82) is 0 Å². The van der Waals surface area contributed by atoms with Gasteiger partial charge in [0, 0.05) is 60.9 Å². The number of rotatable bonds is 6. The van der Waals surface area contributed by atoms with Gasteiger partial charge in [0.05, 0.1) is 24.1 Å². The van der Waals surface area contributed by atoms with E-state index in [1.807, 2.05) is 13.1 Å². The molecule has 0 aliphatic carbocycles. The molecule has 1 saturated heterocycles. The molecular formula is C30H37Cl2N7O3. The third-order valence-corrected chi connectivity index (χ3v) is 8.12. The Kier molecular flexibility index (Phi) is 8.98. The summed E-state index contributed by atoms with van der Waals surface area (Å²) in [6, 6.07) is 10.4. The molecule has 42 heavy (non-hydrogen) atoms. The summed E-state index contributed by atoms with van der Waals surface area (Å²) in [7, 11) is 1.84. The number of hydrogen-bond acceptors (Lipinski definition) is 7. The molecule has 0 radical (unpaired) electrons. The minimum Gasteiger partial charge on any atom is -0.351 e. The number of aryl methyl sites for hydroxylation is 1. The van der Waals surface area contributed by atoms with Gasteiger partial charge in [-0.2, -0.15) is 5.10 Å². The Morgan fingerprint density at radius 3 is 2.55 bits per heavy atom. The highest BCUT2D eigenvalue weighted by molar-refractivity contribution is 6.32. The van der Waals surface area contributed by atoms with Crippen LogP contribution in [0.5, 0.6) is 0 Å². The lowest BCUT2D eigenvalue weighted by Crippen LogP contribution is -2.48. The molecule has 2 aromatic carbocycles. The maximum atomic E-state index is 13.8. The Balaban J connectivity index is 1.19. The molecule has 0 unspecified atom stereocenters. The van der Waals surface area contributed by atoms with Gasteiger partial charge >= 0.3 is 6.09 Å². The van der Waals surface area contributed by atoms with Gasteiger partial charge in [-0.1, -0.05) is 50.0 Å². The summed E-state index contributed by atoms with van der Waals surface area (Å²) in [6.45, 7) is 11.3. The van der Waals surface area contributed by atoms with Gasteiger partial charge in [0.25, 0.3) is 5.91 Å². The molecule has 0 atom stereocenters. The van der Waals surface area contributed by atoms with Crippen LogP contribution in [-0.2, 0) is 25.0 Å². The number of fused-ring (bicyclic) bond motifs is 2. The molecule has 1 fully saturated rings. The van der Waals surface area contributed by atoms with Crippen molar-refractivity contribution in [3.8, 4) is 0 Å². The van der Waals surface area contributed by atoms with Gasteiger partial charge in [-0.15, -0.1) is 5.06 Å². The SMILES string of the molecule is Cn1ncc2c1Nc1cc(Cl)ccc1N(C(=O)c1ccc(CNC(=O)ON3CCN(CCC(C)(C)C)CC3)c(Cl)c1)C2. The molecule has 5 rings (SSSR count). The Morgan fingerprint density at radius 2 is 1.83 bits per heavy atom. The van der Waals surface area contributed by atoms with E-state index < -0.39 is 6.09 Å². The van der Waals surface area contributed by atoms with Crippen LogP contribution in [0.4, 0.5) is 22.0 Å². The standard InChI is InChI=1S/C30H37Cl2N7O3/c1-30(2,3)9-10-37-11-13-38(14-12-37)42-29(41)33-17-21-6-5-20(15-24(21)32)28(40)39-19-22-18-34-36(4)27(22)35-25-16-23(31)7-8-26(25)39/h5-8,15-16,18,35H,9-14,17,19H2,1-4H3,(H,33,41). The highest BCUT2D eigenvalue weighted by Gasteiger charge is 2.28. The molecule has 12 heteroatoms. The zero-order valence-electron chi connectivity index (χ0n) is 24.4. The number of aromatic nitrogens is 2. The van der Waals surface area contributed by atoms with Gasteiger partial charge in [0.1, 0.15) is 5.82 Å². The van der Waals surface area contributed by atoms with Crippen molar-refractivity contribution in [2.24, 2.45) is 12.5 Å². The highest BCUT2D eigenvalue weighted by Crippen LogP contribution is 2.38. The molecular weight excluding hydrogens is 577 g/mol. The lowest BCUT2D eigenvalue weighted by molar-refractivity contribution is -0.123. The molecule has 2 amide bonds. The molecule has 10 nitrogen and oxygen atoms in total. The van der Waals surface area contributed by atoms with Crippen LogP contribution in [0, 0.1) is 5.41 Å². The number of anilines is 3. The minimum atomic E-state index is -0.533. The molecule has 0 bridgehead atoms. The molecule has 2 aliphatic heterocycles. The summed E-state index contributed by atoms with van der Waals surface area (Å²) in [5.41, 5.74) is 3.67. The number of benzene rings is 2. The fourth-order valence-corrected chi connectivity index (χ4v) is 5.42. The maximum absolute atomic E-state index is 13.8. The van der Waals surface area contributed by atoms with E-state index in [2.05, 4.69) is 41.4 Å². The smallest absolute Gasteiger partial charge is 0.351 e. The summed E-state index contributed by atoms with van der Waals surface area (Å²) in [4.78, 5) is 35.8. The Bertz CT molecular complexity index is 1460. The van der Waals surface area contributed by atoms with E-state index in [0.717, 1.165) is 37.4 Å². The van der Waals surface area contributed by atoms with E-state index in [-0.39, 0.29) is 12.5 Å². The van der Waals surface area contributed by atoms with Crippen LogP contribution >= 0.6 is 23.2 Å². The zero-order valence-corrected chi connectivity index (χ0v) is 25.9. The van der Waals surface area contributed by atoms with Gasteiger partial charge in [-0.3, -0.25) is 9.48 Å². The van der Waals surface area contributed by atoms with E-state index in [1.165, 1.54) is 0 Å². The molecule has 0 saturated carbocycles. The van der Waals surface area contributed by atoms with Gasteiger partial charge in [-0.25, -0.2) is 4.79 Å². The van der Waals surface area contributed by atoms with Crippen molar-refractivity contribution in [3.63, 3.8) is 0 Å². The zero-order chi connectivity index (χ0) is 30.0. The summed E-state index contributed by atoms with van der Waals surface area (Å²) < 4.78 is 1.73. The average molecular weight is 615 g/mol. The van der Waals surface area contributed by atoms with Crippen LogP contribution in [0.2, 0.25) is 10.0 Å². The number of halogens is 2. The number of carbonyl (C=O) groups excluding carboxylic acids is 2. The van der Waals surface area contributed by atoms with E-state index in [1.54, 1.807) is 51.2 Å². The number of hydroxylamine groups is 2. The summed E-state index contributed by atoms with van der Waals surface area (Å²) in [5.74, 6) is 0.571. The van der Waals surface area contributed by atoms with Crippen LogP contribution in [0.1, 0.15) is 48.7 Å². The van der Waals surface area contributed by atoms with Crippen LogP contribution in [0.3, 0.4) is 0 Å². The van der Waals surface area contributed by atoms with Crippen LogP contribution in [-0.4, -0.2) is 64.5 Å². The molecule has 3 heterocycles. The predicted molar refractivity (Wildman–Crippen MR) is 165 cm³/mol. The maximum Gasteiger partial charge on any atom is 0.426 e. The molecule has 0 spiro atoms. The van der Waals surface area contributed by atoms with Gasteiger partial charge < -0.3 is 25.3 Å². The Hall–Kier alpha value is -3.31. The third kappa shape index (κ3) is 7.18. The van der Waals surface area contributed by atoms with Crippen molar-refractivity contribution in [2.75, 3.05) is 42.9 Å². The van der Waals surface area contributed by atoms with E-state index in [4.69, 9.17) is 28.0 Å². The van der Waals surface area contributed by atoms with Crippen LogP contribution in [0.25, 0.3) is 0 Å². The first-order valence-corrected chi connectivity index (χ1v) is 14.8. The molecule has 2 aliphatic rings. The van der Waals surface area contributed by atoms with E-state index >= 15 is 0 Å². The minimum absolute atomic E-state index is 0.172. The molecule has 2 N–H and O–H groups in total. The van der Waals surface area contributed by atoms with Gasteiger partial charge in [0.2, 0.25) is 0 Å². The number of nitrogens with one attached hydrogen (secondary N) is 2. The third-order valence-electron chi connectivity index (χ3n) is 7.54. The van der Waals surface area contributed by atoms with Crippen molar-refractivity contribution < 1.29 is 14.4 Å². The van der Waals surface area contributed by atoms with Gasteiger partial charge in [0.15, 0.2) is 0 Å². The summed E-state index contributed by atoms with van der Waals surface area (Å²) in [5, 5.41) is 13.1. The fraction of sp³-hybridized carbons (Fsp3) is 0.433. The monoisotopic (exact) mass is 613 g/mol. The van der Waals surface area contributed by atoms with Crippen molar-refractivity contribution >= 4 is 52.4 Å². The second-order valence-electron chi connectivity index (χ2n) is 11.9. The lowest BCUT2D eigenvalue weighted by Gasteiger charge is -2.34. The molecule has 224 valence electrons. The number of hydrogen-bond donors (Lipinski definition) is 2. The first-order valence-electron chi connectivity index (χ1n) is 14.1. The summed E-state index contributed by atoms with van der Waals surface area (Å²) in [6.07, 6.45) is 2.33. The Labute approximate surface area is 256 Å². The fourth-order valence-electron chi connectivity index (χ4n) is 5.00. The predicted octanol–water partition coefficient (Wildman–Crippen LogP) is 5.83. The van der Waals surface area contributed by atoms with Crippen molar-refractivity contribution in [1.82, 2.24) is 25.1 Å². The van der Waals surface area contributed by atoms with Crippen molar-refractivity contribution in [2.45, 2.75) is 40.3 Å². The highest BCUT2D eigenvalue weighted by atomic mass is 35.5.